The first-order chi connectivity index (χ1) is 10.2. The quantitative estimate of drug-likeness (QED) is 0.790. The van der Waals surface area contributed by atoms with Crippen LogP contribution in [0.2, 0.25) is 4.47 Å². The Labute approximate surface area is 134 Å². The number of halogens is 1. The molecule has 0 bridgehead atoms. The number of ether oxygens (including phenoxy) is 1. The molecule has 0 aliphatic rings. The molecule has 0 N–H and O–H groups in total. The topological polar surface area (TPSA) is 57.0 Å². The Morgan fingerprint density at radius 1 is 1.33 bits per heavy atom. The number of carbonyl (C=O) groups is 1. The minimum absolute atomic E-state index is 0.223. The van der Waals surface area contributed by atoms with Gasteiger partial charge in [0.05, 0.1) is 25.4 Å². The Hall–Kier alpha value is -1.40. The zero-order valence-electron chi connectivity index (χ0n) is 13.1. The van der Waals surface area contributed by atoms with Gasteiger partial charge in [-0.1, -0.05) is 50.6 Å². The number of nitrogens with zero attached hydrogens (tertiary/aromatic N) is 3. The highest BCUT2D eigenvalue weighted by molar-refractivity contribution is 7.18. The van der Waals surface area contributed by atoms with Crippen molar-refractivity contribution in [2.75, 3.05) is 6.61 Å². The fraction of sp³-hybridized carbons (Fsp3) is 0.500. The second kappa shape index (κ2) is 11.3. The van der Waals surface area contributed by atoms with Gasteiger partial charge < -0.3 is 4.74 Å². The molecular formula is C14H22ClN3O2S. The molecule has 0 aliphatic heterocycles. The molecule has 2 heterocycles. The molecular weight excluding hydrogens is 310 g/mol. The molecule has 0 amide bonds. The van der Waals surface area contributed by atoms with Crippen molar-refractivity contribution in [1.29, 1.82) is 0 Å². The highest BCUT2D eigenvalue weighted by atomic mass is 35.5. The summed E-state index contributed by atoms with van der Waals surface area (Å²) in [5.41, 5.74) is 0.799. The fourth-order valence-electron chi connectivity index (χ4n) is 1.30. The molecule has 0 aliphatic carbocycles. The minimum atomic E-state index is -0.255. The summed E-state index contributed by atoms with van der Waals surface area (Å²) in [4.78, 5) is 15.2. The Morgan fingerprint density at radius 3 is 2.52 bits per heavy atom. The number of thiazole rings is 1. The van der Waals surface area contributed by atoms with E-state index in [9.17, 15) is 4.79 Å². The summed E-state index contributed by atoms with van der Waals surface area (Å²) in [5, 5.41) is 4.94. The second-order valence-electron chi connectivity index (χ2n) is 3.23. The standard InChI is InChI=1S/C10H10ClN3O2S.2C2H6/c1-2-16-9(15)3-7-4-13-14(6-7)8-5-12-10(11)17-8;2*1-2/h4-6H,2-3H2,1H3;2*1-2H3. The lowest BCUT2D eigenvalue weighted by molar-refractivity contribution is -0.142. The van der Waals surface area contributed by atoms with Crippen molar-refractivity contribution < 1.29 is 9.53 Å². The molecule has 2 aromatic heterocycles. The zero-order chi connectivity index (χ0) is 16.3. The van der Waals surface area contributed by atoms with Crippen LogP contribution in [0.25, 0.3) is 5.00 Å². The number of hydrogen-bond acceptors (Lipinski definition) is 5. The van der Waals surface area contributed by atoms with E-state index in [0.717, 1.165) is 10.6 Å². The summed E-state index contributed by atoms with van der Waals surface area (Å²) in [7, 11) is 0. The van der Waals surface area contributed by atoms with Crippen molar-refractivity contribution in [3.63, 3.8) is 0 Å². The highest BCUT2D eigenvalue weighted by Gasteiger charge is 2.08. The molecule has 0 atom stereocenters. The average Bonchev–Trinajstić information content (AvgIpc) is 3.12. The van der Waals surface area contributed by atoms with Crippen molar-refractivity contribution in [1.82, 2.24) is 14.8 Å². The molecule has 7 heteroatoms. The Balaban J connectivity index is 0.000000921. The molecule has 0 spiro atoms. The van der Waals surface area contributed by atoms with Gasteiger partial charge in [0, 0.05) is 11.8 Å². The largest absolute Gasteiger partial charge is 0.466 e. The van der Waals surface area contributed by atoms with Crippen LogP contribution in [0.3, 0.4) is 0 Å². The third-order valence-corrected chi connectivity index (χ3v) is 3.09. The van der Waals surface area contributed by atoms with Crippen LogP contribution in [0, 0.1) is 0 Å². The summed E-state index contributed by atoms with van der Waals surface area (Å²) in [5.74, 6) is -0.255. The average molecular weight is 332 g/mol. The van der Waals surface area contributed by atoms with Crippen LogP contribution in [0.1, 0.15) is 40.2 Å². The predicted molar refractivity (Wildman–Crippen MR) is 87.3 cm³/mol. The number of aromatic nitrogens is 3. The van der Waals surface area contributed by atoms with Gasteiger partial charge in [-0.25, -0.2) is 9.67 Å². The maximum absolute atomic E-state index is 11.3. The highest BCUT2D eigenvalue weighted by Crippen LogP contribution is 2.21. The van der Waals surface area contributed by atoms with E-state index >= 15 is 0 Å². The maximum Gasteiger partial charge on any atom is 0.310 e. The van der Waals surface area contributed by atoms with Gasteiger partial charge >= 0.3 is 5.97 Å². The van der Waals surface area contributed by atoms with Gasteiger partial charge in [-0.3, -0.25) is 4.79 Å². The lowest BCUT2D eigenvalue weighted by Crippen LogP contribution is -2.06. The van der Waals surface area contributed by atoms with E-state index in [-0.39, 0.29) is 12.4 Å². The summed E-state index contributed by atoms with van der Waals surface area (Å²) in [6, 6.07) is 0. The van der Waals surface area contributed by atoms with E-state index in [0.29, 0.717) is 11.1 Å². The van der Waals surface area contributed by atoms with Gasteiger partial charge in [-0.2, -0.15) is 5.10 Å². The molecule has 2 rings (SSSR count). The number of carbonyl (C=O) groups excluding carboxylic acids is 1. The van der Waals surface area contributed by atoms with Crippen LogP contribution in [0.4, 0.5) is 0 Å². The molecule has 21 heavy (non-hydrogen) atoms. The molecule has 0 unspecified atom stereocenters. The molecule has 0 saturated carbocycles. The lowest BCUT2D eigenvalue weighted by atomic mass is 10.3. The van der Waals surface area contributed by atoms with Crippen LogP contribution in [-0.2, 0) is 16.0 Å². The summed E-state index contributed by atoms with van der Waals surface area (Å²) in [6.07, 6.45) is 5.25. The first-order valence-corrected chi connectivity index (χ1v) is 8.19. The molecule has 5 nitrogen and oxygen atoms in total. The van der Waals surface area contributed by atoms with E-state index in [1.165, 1.54) is 11.3 Å². The summed E-state index contributed by atoms with van der Waals surface area (Å²) < 4.78 is 6.96. The molecule has 0 saturated heterocycles. The third-order valence-electron chi connectivity index (χ3n) is 1.98. The van der Waals surface area contributed by atoms with Crippen LogP contribution in [0.15, 0.2) is 18.6 Å². The summed E-state index contributed by atoms with van der Waals surface area (Å²) >= 11 is 7.06. The predicted octanol–water partition coefficient (Wildman–Crippen LogP) is 4.14. The molecule has 0 aromatic carbocycles. The minimum Gasteiger partial charge on any atom is -0.466 e. The zero-order valence-corrected chi connectivity index (χ0v) is 14.7. The van der Waals surface area contributed by atoms with Crippen molar-refractivity contribution in [3.05, 3.63) is 28.6 Å². The van der Waals surface area contributed by atoms with Crippen LogP contribution >= 0.6 is 22.9 Å². The number of rotatable bonds is 4. The van der Waals surface area contributed by atoms with Crippen LogP contribution in [0.5, 0.6) is 0 Å². The van der Waals surface area contributed by atoms with Gasteiger partial charge in [-0.05, 0) is 6.92 Å². The van der Waals surface area contributed by atoms with Crippen molar-refractivity contribution in [2.24, 2.45) is 0 Å². The smallest absolute Gasteiger partial charge is 0.310 e. The second-order valence-corrected chi connectivity index (χ2v) is 4.82. The van der Waals surface area contributed by atoms with Crippen LogP contribution in [-0.4, -0.2) is 27.3 Å². The maximum atomic E-state index is 11.3. The van der Waals surface area contributed by atoms with E-state index in [2.05, 4.69) is 10.1 Å². The lowest BCUT2D eigenvalue weighted by Gasteiger charge is -1.98. The Morgan fingerprint density at radius 2 is 2.00 bits per heavy atom. The van der Waals surface area contributed by atoms with E-state index in [1.807, 2.05) is 27.7 Å². The van der Waals surface area contributed by atoms with Gasteiger partial charge in [-0.15, -0.1) is 0 Å². The van der Waals surface area contributed by atoms with E-state index < -0.39 is 0 Å². The van der Waals surface area contributed by atoms with Crippen molar-refractivity contribution in [2.45, 2.75) is 41.0 Å². The SMILES string of the molecule is CC.CC.CCOC(=O)Cc1cnn(-c2cnc(Cl)s2)c1. The summed E-state index contributed by atoms with van der Waals surface area (Å²) in [6.45, 7) is 10.2. The van der Waals surface area contributed by atoms with Crippen molar-refractivity contribution in [3.8, 4) is 5.00 Å². The van der Waals surface area contributed by atoms with E-state index in [1.54, 1.807) is 30.2 Å². The first kappa shape index (κ1) is 19.6. The molecule has 0 radical (unpaired) electrons. The van der Waals surface area contributed by atoms with Gasteiger partial charge in [0.1, 0.15) is 5.00 Å². The number of hydrogen-bond donors (Lipinski definition) is 0. The van der Waals surface area contributed by atoms with E-state index in [4.69, 9.17) is 16.3 Å². The monoisotopic (exact) mass is 331 g/mol. The normalized spacial score (nSPS) is 9.05. The molecule has 0 fully saturated rings. The fourth-order valence-corrected chi connectivity index (χ4v) is 2.16. The molecule has 118 valence electrons. The van der Waals surface area contributed by atoms with Crippen LogP contribution < -0.4 is 0 Å². The Bertz CT molecular complexity index is 526. The van der Waals surface area contributed by atoms with Gasteiger partial charge in [0.2, 0.25) is 0 Å². The Kier molecular flexibility index (Phi) is 10.5. The van der Waals surface area contributed by atoms with Gasteiger partial charge in [0.25, 0.3) is 0 Å². The van der Waals surface area contributed by atoms with Gasteiger partial charge in [0.15, 0.2) is 4.47 Å². The first-order valence-electron chi connectivity index (χ1n) is 7.00. The number of esters is 1. The van der Waals surface area contributed by atoms with Crippen molar-refractivity contribution >= 4 is 28.9 Å². The molecule has 2 aromatic rings. The third kappa shape index (κ3) is 6.73.